The Labute approximate surface area is 119 Å². The van der Waals surface area contributed by atoms with Gasteiger partial charge in [-0.05, 0) is 65.0 Å². The highest BCUT2D eigenvalue weighted by Crippen LogP contribution is 2.24. The van der Waals surface area contributed by atoms with Crippen LogP contribution in [-0.2, 0) is 4.74 Å². The average molecular weight is 268 g/mol. The number of nitrogens with one attached hydrogen (secondary N) is 1. The Morgan fingerprint density at radius 1 is 1.11 bits per heavy atom. The number of rotatable bonds is 6. The van der Waals surface area contributed by atoms with Gasteiger partial charge in [-0.3, -0.25) is 0 Å². The fraction of sp³-hybridized carbons (Fsp3) is 1.00. The molecule has 0 aromatic rings. The zero-order valence-corrected chi connectivity index (χ0v) is 12.9. The van der Waals surface area contributed by atoms with E-state index in [9.17, 15) is 0 Å². The second kappa shape index (κ2) is 8.23. The van der Waals surface area contributed by atoms with Crippen molar-refractivity contribution in [3.8, 4) is 0 Å². The summed E-state index contributed by atoms with van der Waals surface area (Å²) in [6.07, 6.45) is 11.0. The number of nitrogens with zero attached hydrogens (tertiary/aromatic N) is 1. The van der Waals surface area contributed by atoms with Crippen LogP contribution in [0.25, 0.3) is 0 Å². The van der Waals surface area contributed by atoms with Gasteiger partial charge in [0.15, 0.2) is 0 Å². The van der Waals surface area contributed by atoms with Crippen molar-refractivity contribution in [1.82, 2.24) is 10.2 Å². The molecule has 1 saturated carbocycles. The lowest BCUT2D eigenvalue weighted by Crippen LogP contribution is -2.44. The van der Waals surface area contributed by atoms with E-state index in [4.69, 9.17) is 4.74 Å². The molecule has 1 saturated heterocycles. The first-order chi connectivity index (χ1) is 9.29. The quantitative estimate of drug-likeness (QED) is 0.801. The maximum atomic E-state index is 5.86. The van der Waals surface area contributed by atoms with E-state index in [1.807, 2.05) is 0 Å². The largest absolute Gasteiger partial charge is 0.377 e. The number of likely N-dealkylation sites (N-methyl/N-ethyl adjacent to an activating group) is 1. The Kier molecular flexibility index (Phi) is 6.62. The molecule has 1 atom stereocenters. The summed E-state index contributed by atoms with van der Waals surface area (Å²) in [5.74, 6) is 0. The first kappa shape index (κ1) is 15.3. The zero-order valence-electron chi connectivity index (χ0n) is 12.9. The smallest absolute Gasteiger partial charge is 0.0702 e. The van der Waals surface area contributed by atoms with Gasteiger partial charge in [0.2, 0.25) is 0 Å². The molecule has 1 aliphatic carbocycles. The average Bonchev–Trinajstić information content (AvgIpc) is 2.46. The van der Waals surface area contributed by atoms with Gasteiger partial charge in [0.25, 0.3) is 0 Å². The van der Waals surface area contributed by atoms with Gasteiger partial charge in [0.1, 0.15) is 0 Å². The minimum absolute atomic E-state index is 0.495. The van der Waals surface area contributed by atoms with Gasteiger partial charge in [0, 0.05) is 25.2 Å². The third kappa shape index (κ3) is 5.05. The number of hydrogen-bond donors (Lipinski definition) is 1. The van der Waals surface area contributed by atoms with Crippen LogP contribution in [-0.4, -0.2) is 49.8 Å². The second-order valence-corrected chi connectivity index (χ2v) is 6.39. The van der Waals surface area contributed by atoms with E-state index in [2.05, 4.69) is 24.2 Å². The monoisotopic (exact) mass is 268 g/mol. The van der Waals surface area contributed by atoms with E-state index < -0.39 is 0 Å². The molecular formula is C16H32N2O. The molecule has 0 amide bonds. The lowest BCUT2D eigenvalue weighted by molar-refractivity contribution is -0.0115. The van der Waals surface area contributed by atoms with Crippen molar-refractivity contribution in [3.05, 3.63) is 0 Å². The molecule has 1 heterocycles. The third-order valence-corrected chi connectivity index (χ3v) is 4.77. The van der Waals surface area contributed by atoms with E-state index in [-0.39, 0.29) is 0 Å². The molecule has 3 nitrogen and oxygen atoms in total. The second-order valence-electron chi connectivity index (χ2n) is 6.39. The van der Waals surface area contributed by atoms with Crippen molar-refractivity contribution in [2.24, 2.45) is 0 Å². The van der Waals surface area contributed by atoms with Gasteiger partial charge >= 0.3 is 0 Å². The molecule has 0 spiro atoms. The van der Waals surface area contributed by atoms with Crippen molar-refractivity contribution in [2.45, 2.75) is 76.5 Å². The minimum Gasteiger partial charge on any atom is -0.377 e. The summed E-state index contributed by atoms with van der Waals surface area (Å²) < 4.78 is 5.86. The summed E-state index contributed by atoms with van der Waals surface area (Å²) in [7, 11) is 2.29. The predicted octanol–water partition coefficient (Wildman–Crippen LogP) is 2.80. The normalized spacial score (nSPS) is 32.7. The Morgan fingerprint density at radius 2 is 1.89 bits per heavy atom. The molecule has 2 aliphatic rings. The third-order valence-electron chi connectivity index (χ3n) is 4.77. The first-order valence-corrected chi connectivity index (χ1v) is 8.34. The molecule has 1 aliphatic heterocycles. The summed E-state index contributed by atoms with van der Waals surface area (Å²) in [5, 5.41) is 3.67. The van der Waals surface area contributed by atoms with Crippen LogP contribution < -0.4 is 5.32 Å². The van der Waals surface area contributed by atoms with Crippen LogP contribution in [0.4, 0.5) is 0 Å². The maximum absolute atomic E-state index is 5.86. The zero-order chi connectivity index (χ0) is 13.5. The topological polar surface area (TPSA) is 24.5 Å². The molecule has 0 aromatic heterocycles. The SMILES string of the molecule is CCCNC1CCC(N(C)CC2CCCCO2)CC1. The molecule has 2 rings (SSSR count). The molecule has 19 heavy (non-hydrogen) atoms. The van der Waals surface area contributed by atoms with Gasteiger partial charge in [-0.2, -0.15) is 0 Å². The molecule has 112 valence electrons. The fourth-order valence-corrected chi connectivity index (χ4v) is 3.49. The van der Waals surface area contributed by atoms with E-state index in [0.717, 1.165) is 25.2 Å². The van der Waals surface area contributed by atoms with E-state index in [1.54, 1.807) is 0 Å². The van der Waals surface area contributed by atoms with Crippen LogP contribution in [0.2, 0.25) is 0 Å². The molecule has 0 aromatic carbocycles. The molecule has 0 radical (unpaired) electrons. The molecular weight excluding hydrogens is 236 g/mol. The Morgan fingerprint density at radius 3 is 2.53 bits per heavy atom. The molecule has 0 bridgehead atoms. The van der Waals surface area contributed by atoms with Crippen molar-refractivity contribution in [2.75, 3.05) is 26.7 Å². The van der Waals surface area contributed by atoms with Crippen molar-refractivity contribution in [1.29, 1.82) is 0 Å². The van der Waals surface area contributed by atoms with Crippen molar-refractivity contribution < 1.29 is 4.74 Å². The Balaban J connectivity index is 1.65. The molecule has 3 heteroatoms. The van der Waals surface area contributed by atoms with Crippen LogP contribution in [0.1, 0.15) is 58.3 Å². The fourth-order valence-electron chi connectivity index (χ4n) is 3.49. The van der Waals surface area contributed by atoms with Crippen molar-refractivity contribution in [3.63, 3.8) is 0 Å². The van der Waals surface area contributed by atoms with Gasteiger partial charge < -0.3 is 15.0 Å². The van der Waals surface area contributed by atoms with Gasteiger partial charge in [0.05, 0.1) is 6.10 Å². The van der Waals surface area contributed by atoms with E-state index >= 15 is 0 Å². The van der Waals surface area contributed by atoms with Gasteiger partial charge in [-0.25, -0.2) is 0 Å². The van der Waals surface area contributed by atoms with Crippen LogP contribution >= 0.6 is 0 Å². The van der Waals surface area contributed by atoms with Crippen molar-refractivity contribution >= 4 is 0 Å². The molecule has 2 fully saturated rings. The highest BCUT2D eigenvalue weighted by molar-refractivity contribution is 4.83. The van der Waals surface area contributed by atoms with Crippen LogP contribution in [0, 0.1) is 0 Å². The van der Waals surface area contributed by atoms with Crippen LogP contribution in [0.15, 0.2) is 0 Å². The van der Waals surface area contributed by atoms with Crippen LogP contribution in [0.3, 0.4) is 0 Å². The standard InChI is InChI=1S/C16H32N2O/c1-3-11-17-14-7-9-15(10-8-14)18(2)13-16-6-4-5-12-19-16/h14-17H,3-13H2,1-2H3. The van der Waals surface area contributed by atoms with E-state index in [0.29, 0.717) is 6.10 Å². The van der Waals surface area contributed by atoms with Gasteiger partial charge in [-0.15, -0.1) is 0 Å². The van der Waals surface area contributed by atoms with Gasteiger partial charge in [-0.1, -0.05) is 6.92 Å². The predicted molar refractivity (Wildman–Crippen MR) is 80.6 cm³/mol. The summed E-state index contributed by atoms with van der Waals surface area (Å²) in [5.41, 5.74) is 0. The maximum Gasteiger partial charge on any atom is 0.0702 e. The summed E-state index contributed by atoms with van der Waals surface area (Å²) in [6.45, 7) is 5.54. The highest BCUT2D eigenvalue weighted by atomic mass is 16.5. The highest BCUT2D eigenvalue weighted by Gasteiger charge is 2.25. The molecule has 1 unspecified atom stereocenters. The summed E-state index contributed by atoms with van der Waals surface area (Å²) in [6, 6.07) is 1.56. The Hall–Kier alpha value is -0.120. The molecule has 1 N–H and O–H groups in total. The Bertz CT molecular complexity index is 233. The minimum atomic E-state index is 0.495. The first-order valence-electron chi connectivity index (χ1n) is 8.34. The summed E-state index contributed by atoms with van der Waals surface area (Å²) >= 11 is 0. The number of ether oxygens (including phenoxy) is 1. The van der Waals surface area contributed by atoms with Crippen LogP contribution in [0.5, 0.6) is 0 Å². The van der Waals surface area contributed by atoms with E-state index in [1.165, 1.54) is 57.9 Å². The summed E-state index contributed by atoms with van der Waals surface area (Å²) in [4.78, 5) is 2.56. The lowest BCUT2D eigenvalue weighted by Gasteiger charge is -2.37. The number of hydrogen-bond acceptors (Lipinski definition) is 3. The lowest BCUT2D eigenvalue weighted by atomic mass is 9.90.